The maximum atomic E-state index is 12.2. The third-order valence-electron chi connectivity index (χ3n) is 3.10. The van der Waals surface area contributed by atoms with Crippen LogP contribution in [0.2, 0.25) is 0 Å². The van der Waals surface area contributed by atoms with Gasteiger partial charge in [0.05, 0.1) is 21.8 Å². The maximum absolute atomic E-state index is 12.2. The van der Waals surface area contributed by atoms with E-state index in [9.17, 15) is 9.59 Å². The fraction of sp³-hybridized carbons (Fsp3) is 0.308. The Hall–Kier alpha value is -1.60. The van der Waals surface area contributed by atoms with Crippen molar-refractivity contribution in [1.82, 2.24) is 9.88 Å². The summed E-state index contributed by atoms with van der Waals surface area (Å²) >= 11 is 3.01. The molecule has 0 unspecified atom stereocenters. The van der Waals surface area contributed by atoms with Gasteiger partial charge in [0.1, 0.15) is 6.54 Å². The zero-order valence-electron chi connectivity index (χ0n) is 10.9. The van der Waals surface area contributed by atoms with Crippen LogP contribution in [-0.2, 0) is 9.59 Å². The number of para-hydroxylation sites is 1. The molecule has 5 nitrogen and oxygen atoms in total. The van der Waals surface area contributed by atoms with E-state index in [1.807, 2.05) is 24.3 Å². The van der Waals surface area contributed by atoms with E-state index in [4.69, 9.17) is 0 Å². The van der Waals surface area contributed by atoms with Crippen molar-refractivity contribution in [3.63, 3.8) is 0 Å². The number of thioether (sulfide) groups is 1. The van der Waals surface area contributed by atoms with Crippen LogP contribution in [0.4, 0.5) is 5.13 Å². The summed E-state index contributed by atoms with van der Waals surface area (Å²) in [6, 6.07) is 7.78. The second-order valence-electron chi connectivity index (χ2n) is 4.49. The molecule has 0 spiro atoms. The van der Waals surface area contributed by atoms with Crippen molar-refractivity contribution >= 4 is 50.3 Å². The molecule has 1 aromatic heterocycles. The third kappa shape index (κ3) is 2.51. The van der Waals surface area contributed by atoms with Crippen LogP contribution in [0.1, 0.15) is 0 Å². The molecule has 0 N–H and O–H groups in total. The molecule has 20 heavy (non-hydrogen) atoms. The van der Waals surface area contributed by atoms with Crippen molar-refractivity contribution in [3.8, 4) is 0 Å². The first-order valence-corrected chi connectivity index (χ1v) is 8.10. The highest BCUT2D eigenvalue weighted by Gasteiger charge is 2.25. The molecule has 1 fully saturated rings. The fourth-order valence-electron chi connectivity index (χ4n) is 1.92. The number of likely N-dealkylation sites (N-methyl/N-ethyl adjacent to an activating group) is 1. The number of amides is 2. The monoisotopic (exact) mass is 307 g/mol. The predicted octanol–water partition coefficient (Wildman–Crippen LogP) is 1.79. The van der Waals surface area contributed by atoms with E-state index < -0.39 is 0 Å². The number of aromatic nitrogens is 1. The van der Waals surface area contributed by atoms with Crippen molar-refractivity contribution in [1.29, 1.82) is 0 Å². The summed E-state index contributed by atoms with van der Waals surface area (Å²) in [6.45, 7) is 0.123. The van der Waals surface area contributed by atoms with Crippen LogP contribution in [0.25, 0.3) is 10.2 Å². The fourth-order valence-corrected chi connectivity index (χ4v) is 3.77. The Kier molecular flexibility index (Phi) is 3.62. The molecule has 0 aliphatic carbocycles. The van der Waals surface area contributed by atoms with Crippen molar-refractivity contribution in [2.75, 3.05) is 30.1 Å². The first kappa shape index (κ1) is 13.4. The number of hydrogen-bond acceptors (Lipinski definition) is 5. The van der Waals surface area contributed by atoms with E-state index in [0.29, 0.717) is 16.8 Å². The highest BCUT2D eigenvalue weighted by Crippen LogP contribution is 2.28. The van der Waals surface area contributed by atoms with Gasteiger partial charge in [-0.15, -0.1) is 11.8 Å². The minimum absolute atomic E-state index is 0.0287. The number of anilines is 1. The number of carbonyl (C=O) groups excluding carboxylic acids is 2. The van der Waals surface area contributed by atoms with Gasteiger partial charge in [0, 0.05) is 7.05 Å². The van der Waals surface area contributed by atoms with E-state index in [1.54, 1.807) is 11.9 Å². The normalized spacial score (nSPS) is 15.1. The summed E-state index contributed by atoms with van der Waals surface area (Å²) in [5.74, 6) is 0.983. The van der Waals surface area contributed by atoms with E-state index in [1.165, 1.54) is 28.0 Å². The second kappa shape index (κ2) is 5.41. The summed E-state index contributed by atoms with van der Waals surface area (Å²) < 4.78 is 1.05. The molecule has 3 rings (SSSR count). The minimum Gasteiger partial charge on any atom is -0.323 e. The SMILES string of the molecule is CN(C(=O)CN1CSCC1=O)c1nc2ccccc2s1. The van der Waals surface area contributed by atoms with Gasteiger partial charge < -0.3 is 4.90 Å². The molecule has 1 aliphatic rings. The topological polar surface area (TPSA) is 53.5 Å². The third-order valence-corrected chi connectivity index (χ3v) is 5.15. The average molecular weight is 307 g/mol. The second-order valence-corrected chi connectivity index (χ2v) is 6.45. The Labute approximate surface area is 124 Å². The largest absolute Gasteiger partial charge is 0.323 e. The first-order valence-electron chi connectivity index (χ1n) is 6.13. The predicted molar refractivity (Wildman–Crippen MR) is 82.1 cm³/mol. The molecule has 0 bridgehead atoms. The lowest BCUT2D eigenvalue weighted by Gasteiger charge is -2.18. The molecule has 0 saturated carbocycles. The molecule has 104 valence electrons. The molecular weight excluding hydrogens is 294 g/mol. The first-order chi connectivity index (χ1) is 9.65. The van der Waals surface area contributed by atoms with Gasteiger partial charge in [-0.3, -0.25) is 14.5 Å². The number of fused-ring (bicyclic) bond motifs is 1. The number of carbonyl (C=O) groups is 2. The van der Waals surface area contributed by atoms with Gasteiger partial charge in [-0.05, 0) is 12.1 Å². The van der Waals surface area contributed by atoms with Gasteiger partial charge in [-0.25, -0.2) is 4.98 Å². The van der Waals surface area contributed by atoms with Crippen LogP contribution in [-0.4, -0.2) is 46.9 Å². The Morgan fingerprint density at radius 3 is 2.95 bits per heavy atom. The summed E-state index contributed by atoms with van der Waals surface area (Å²) in [5, 5.41) is 0.662. The number of thiazole rings is 1. The summed E-state index contributed by atoms with van der Waals surface area (Å²) in [6.07, 6.45) is 0. The number of rotatable bonds is 3. The Balaban J connectivity index is 1.75. The van der Waals surface area contributed by atoms with E-state index >= 15 is 0 Å². The van der Waals surface area contributed by atoms with Crippen LogP contribution in [0, 0.1) is 0 Å². The summed E-state index contributed by atoms with van der Waals surface area (Å²) in [4.78, 5) is 31.3. The average Bonchev–Trinajstić information content (AvgIpc) is 3.04. The van der Waals surface area contributed by atoms with Gasteiger partial charge in [-0.1, -0.05) is 23.5 Å². The highest BCUT2D eigenvalue weighted by atomic mass is 32.2. The van der Waals surface area contributed by atoms with Gasteiger partial charge in [0.25, 0.3) is 0 Å². The van der Waals surface area contributed by atoms with Crippen LogP contribution >= 0.6 is 23.1 Å². The smallest absolute Gasteiger partial charge is 0.248 e. The van der Waals surface area contributed by atoms with E-state index in [2.05, 4.69) is 4.98 Å². The number of hydrogen-bond donors (Lipinski definition) is 0. The maximum Gasteiger partial charge on any atom is 0.248 e. The lowest BCUT2D eigenvalue weighted by Crippen LogP contribution is -2.39. The van der Waals surface area contributed by atoms with Crippen molar-refractivity contribution < 1.29 is 9.59 Å². The van der Waals surface area contributed by atoms with Gasteiger partial charge >= 0.3 is 0 Å². The molecule has 1 aromatic carbocycles. The lowest BCUT2D eigenvalue weighted by atomic mass is 10.3. The van der Waals surface area contributed by atoms with Gasteiger partial charge in [-0.2, -0.15) is 0 Å². The summed E-state index contributed by atoms with van der Waals surface area (Å²) in [7, 11) is 1.70. The standard InChI is InChI=1S/C13H13N3O2S2/c1-15(11(17)6-16-8-19-7-12(16)18)13-14-9-4-2-3-5-10(9)20-13/h2-5H,6-8H2,1H3. The molecule has 1 aliphatic heterocycles. The molecule has 2 aromatic rings. The number of nitrogens with zero attached hydrogens (tertiary/aromatic N) is 3. The molecule has 1 saturated heterocycles. The Morgan fingerprint density at radius 1 is 1.45 bits per heavy atom. The molecule has 2 heterocycles. The molecule has 0 radical (unpaired) electrons. The highest BCUT2D eigenvalue weighted by molar-refractivity contribution is 8.00. The van der Waals surface area contributed by atoms with Crippen LogP contribution < -0.4 is 4.90 Å². The summed E-state index contributed by atoms with van der Waals surface area (Å²) in [5.41, 5.74) is 0.889. The van der Waals surface area contributed by atoms with Crippen LogP contribution in [0.15, 0.2) is 24.3 Å². The van der Waals surface area contributed by atoms with Crippen molar-refractivity contribution in [2.24, 2.45) is 0 Å². The van der Waals surface area contributed by atoms with E-state index in [-0.39, 0.29) is 18.4 Å². The zero-order valence-corrected chi connectivity index (χ0v) is 12.5. The zero-order chi connectivity index (χ0) is 14.1. The van der Waals surface area contributed by atoms with Gasteiger partial charge in [0.2, 0.25) is 11.8 Å². The van der Waals surface area contributed by atoms with Crippen LogP contribution in [0.3, 0.4) is 0 Å². The lowest BCUT2D eigenvalue weighted by molar-refractivity contribution is -0.131. The Morgan fingerprint density at radius 2 is 2.25 bits per heavy atom. The molecule has 0 atom stereocenters. The van der Waals surface area contributed by atoms with Crippen LogP contribution in [0.5, 0.6) is 0 Å². The van der Waals surface area contributed by atoms with E-state index in [0.717, 1.165) is 10.2 Å². The van der Waals surface area contributed by atoms with Gasteiger partial charge in [0.15, 0.2) is 5.13 Å². The van der Waals surface area contributed by atoms with Crippen molar-refractivity contribution in [2.45, 2.75) is 0 Å². The molecule has 7 heteroatoms. The minimum atomic E-state index is -0.111. The molecule has 2 amide bonds. The quantitative estimate of drug-likeness (QED) is 0.867. The number of benzene rings is 1. The van der Waals surface area contributed by atoms with Crippen molar-refractivity contribution in [3.05, 3.63) is 24.3 Å². The Bertz CT molecular complexity index is 637. The molecular formula is C13H13N3O2S2.